The van der Waals surface area contributed by atoms with E-state index in [1.165, 1.54) is 12.1 Å². The van der Waals surface area contributed by atoms with Crippen LogP contribution in [-0.2, 0) is 0 Å². The van der Waals surface area contributed by atoms with Crippen LogP contribution in [-0.4, -0.2) is 25.9 Å². The molecule has 0 aromatic heterocycles. The van der Waals surface area contributed by atoms with E-state index in [0.29, 0.717) is 23.8 Å². The van der Waals surface area contributed by atoms with Gasteiger partial charge < -0.3 is 19.4 Å². The number of rotatable bonds is 8. The minimum absolute atomic E-state index is 0.123. The molecule has 0 unspecified atom stereocenters. The van der Waals surface area contributed by atoms with Gasteiger partial charge in [-0.15, -0.1) is 0 Å². The van der Waals surface area contributed by atoms with Gasteiger partial charge in [0.2, 0.25) is 0 Å². The smallest absolute Gasteiger partial charge is 0.161 e. The second-order valence-electron chi connectivity index (χ2n) is 4.99. The lowest BCUT2D eigenvalue weighted by Crippen LogP contribution is -2.21. The van der Waals surface area contributed by atoms with Crippen LogP contribution in [0.2, 0.25) is 0 Å². The molecule has 1 N–H and O–H groups in total. The zero-order valence-corrected chi connectivity index (χ0v) is 13.6. The van der Waals surface area contributed by atoms with Crippen molar-refractivity contribution in [3.63, 3.8) is 0 Å². The summed E-state index contributed by atoms with van der Waals surface area (Å²) in [5, 5.41) is 14.8. The van der Waals surface area contributed by atoms with Crippen LogP contribution in [0.3, 0.4) is 0 Å². The largest absolute Gasteiger partial charge is 0.545 e. The standard InChI is InChI=1S/C18H20N2O4/c1-3-10-24-17-11-13(4-9-16(17)23-2)12-19-20-15-7-5-14(6-8-15)18(21)22/h4-9,11-12,20H,3,10H2,1-2H3,(H,21,22)/p-1/b19-12-. The molecule has 0 aliphatic carbocycles. The molecular formula is C18H19N2O4-. The summed E-state index contributed by atoms with van der Waals surface area (Å²) in [6.07, 6.45) is 2.55. The molecule has 6 nitrogen and oxygen atoms in total. The van der Waals surface area contributed by atoms with Gasteiger partial charge in [0.05, 0.1) is 31.6 Å². The zero-order chi connectivity index (χ0) is 17.4. The first-order chi connectivity index (χ1) is 11.6. The number of carboxylic acids is 1. The number of ether oxygens (including phenoxy) is 2. The van der Waals surface area contributed by atoms with Gasteiger partial charge in [0.15, 0.2) is 11.5 Å². The van der Waals surface area contributed by atoms with Crippen LogP contribution >= 0.6 is 0 Å². The highest BCUT2D eigenvalue weighted by Gasteiger charge is 2.04. The predicted octanol–water partition coefficient (Wildman–Crippen LogP) is 2.29. The minimum Gasteiger partial charge on any atom is -0.545 e. The van der Waals surface area contributed by atoms with E-state index in [4.69, 9.17) is 9.47 Å². The van der Waals surface area contributed by atoms with Crippen LogP contribution in [0.25, 0.3) is 0 Å². The van der Waals surface area contributed by atoms with Crippen LogP contribution in [0.1, 0.15) is 29.3 Å². The molecule has 0 radical (unpaired) electrons. The van der Waals surface area contributed by atoms with Crippen molar-refractivity contribution in [3.8, 4) is 11.5 Å². The number of benzene rings is 2. The van der Waals surface area contributed by atoms with Crippen molar-refractivity contribution in [3.05, 3.63) is 53.6 Å². The fraction of sp³-hybridized carbons (Fsp3) is 0.222. The molecular weight excluding hydrogens is 308 g/mol. The Morgan fingerprint density at radius 2 is 1.96 bits per heavy atom. The number of carboxylic acid groups (broad SMARTS) is 1. The summed E-state index contributed by atoms with van der Waals surface area (Å²) in [6, 6.07) is 11.7. The van der Waals surface area contributed by atoms with Crippen molar-refractivity contribution in [2.24, 2.45) is 5.10 Å². The SMILES string of the molecule is CCCOc1cc(/C=N\Nc2ccc(C(=O)[O-])cc2)ccc1OC. The monoisotopic (exact) mass is 327 g/mol. The third kappa shape index (κ3) is 4.74. The molecule has 0 aliphatic rings. The Morgan fingerprint density at radius 3 is 2.58 bits per heavy atom. The molecule has 2 aromatic rings. The number of anilines is 1. The summed E-state index contributed by atoms with van der Waals surface area (Å²) in [5.74, 6) is 0.135. The highest BCUT2D eigenvalue weighted by Crippen LogP contribution is 2.27. The topological polar surface area (TPSA) is 83.0 Å². The molecule has 24 heavy (non-hydrogen) atoms. The van der Waals surface area contributed by atoms with Gasteiger partial charge in [0, 0.05) is 0 Å². The fourth-order valence-corrected chi connectivity index (χ4v) is 1.96. The van der Waals surface area contributed by atoms with Gasteiger partial charge in [-0.2, -0.15) is 5.10 Å². The maximum absolute atomic E-state index is 10.7. The maximum Gasteiger partial charge on any atom is 0.161 e. The second kappa shape index (κ2) is 8.57. The van der Waals surface area contributed by atoms with E-state index in [1.807, 2.05) is 25.1 Å². The molecule has 0 fully saturated rings. The van der Waals surface area contributed by atoms with Crippen molar-refractivity contribution in [1.29, 1.82) is 0 Å². The van der Waals surface area contributed by atoms with Crippen LogP contribution in [0.15, 0.2) is 47.6 Å². The van der Waals surface area contributed by atoms with Crippen LogP contribution < -0.4 is 20.0 Å². The third-order valence-corrected chi connectivity index (χ3v) is 3.18. The van der Waals surface area contributed by atoms with Crippen molar-refractivity contribution < 1.29 is 19.4 Å². The average molecular weight is 327 g/mol. The van der Waals surface area contributed by atoms with Gasteiger partial charge in [-0.05, 0) is 47.9 Å². The summed E-state index contributed by atoms with van der Waals surface area (Å²) in [7, 11) is 1.60. The molecule has 126 valence electrons. The Morgan fingerprint density at radius 1 is 1.21 bits per heavy atom. The first-order valence-electron chi connectivity index (χ1n) is 7.55. The summed E-state index contributed by atoms with van der Waals surface area (Å²) in [4.78, 5) is 10.7. The number of carbonyl (C=O) groups excluding carboxylic acids is 1. The van der Waals surface area contributed by atoms with Crippen molar-refractivity contribution in [2.45, 2.75) is 13.3 Å². The first-order valence-corrected chi connectivity index (χ1v) is 7.55. The Kier molecular flexibility index (Phi) is 6.19. The van der Waals surface area contributed by atoms with E-state index in [0.717, 1.165) is 12.0 Å². The Labute approximate surface area is 140 Å². The number of aromatic carboxylic acids is 1. The molecule has 0 amide bonds. The molecule has 0 saturated heterocycles. The van der Waals surface area contributed by atoms with Gasteiger partial charge in [-0.25, -0.2) is 0 Å². The molecule has 0 aliphatic heterocycles. The lowest BCUT2D eigenvalue weighted by Gasteiger charge is -2.10. The second-order valence-corrected chi connectivity index (χ2v) is 4.99. The summed E-state index contributed by atoms with van der Waals surface area (Å²) >= 11 is 0. The first kappa shape index (κ1) is 17.3. The normalized spacial score (nSPS) is 10.6. The van der Waals surface area contributed by atoms with E-state index < -0.39 is 5.97 Å². The number of hydrogen-bond acceptors (Lipinski definition) is 6. The number of nitrogens with one attached hydrogen (secondary N) is 1. The maximum atomic E-state index is 10.7. The number of hydrazone groups is 1. The molecule has 2 rings (SSSR count). The predicted molar refractivity (Wildman–Crippen MR) is 90.8 cm³/mol. The molecule has 0 spiro atoms. The lowest BCUT2D eigenvalue weighted by atomic mass is 10.2. The number of hydrogen-bond donors (Lipinski definition) is 1. The van der Waals surface area contributed by atoms with Crippen molar-refractivity contribution in [1.82, 2.24) is 0 Å². The third-order valence-electron chi connectivity index (χ3n) is 3.18. The zero-order valence-electron chi connectivity index (χ0n) is 13.6. The van der Waals surface area contributed by atoms with Gasteiger partial charge in [-0.3, -0.25) is 5.43 Å². The summed E-state index contributed by atoms with van der Waals surface area (Å²) in [6.45, 7) is 2.65. The van der Waals surface area contributed by atoms with Crippen molar-refractivity contribution >= 4 is 17.9 Å². The molecule has 0 heterocycles. The Balaban J connectivity index is 2.04. The highest BCUT2D eigenvalue weighted by molar-refractivity contribution is 5.86. The van der Waals surface area contributed by atoms with E-state index >= 15 is 0 Å². The molecule has 0 saturated carbocycles. The fourth-order valence-electron chi connectivity index (χ4n) is 1.96. The minimum atomic E-state index is -1.21. The number of methoxy groups -OCH3 is 1. The van der Waals surface area contributed by atoms with E-state index in [1.54, 1.807) is 25.5 Å². The molecule has 0 bridgehead atoms. The Hall–Kier alpha value is -3.02. The Bertz CT molecular complexity index is 711. The highest BCUT2D eigenvalue weighted by atomic mass is 16.5. The molecule has 6 heteroatoms. The van der Waals surface area contributed by atoms with Crippen molar-refractivity contribution in [2.75, 3.05) is 19.1 Å². The van der Waals surface area contributed by atoms with Gasteiger partial charge in [0.25, 0.3) is 0 Å². The van der Waals surface area contributed by atoms with Crippen LogP contribution in [0.5, 0.6) is 11.5 Å². The van der Waals surface area contributed by atoms with Crippen LogP contribution in [0, 0.1) is 0 Å². The molecule has 0 atom stereocenters. The summed E-state index contributed by atoms with van der Waals surface area (Å²) < 4.78 is 10.9. The van der Waals surface area contributed by atoms with Gasteiger partial charge in [0.1, 0.15) is 0 Å². The average Bonchev–Trinajstić information content (AvgIpc) is 2.60. The quantitative estimate of drug-likeness (QED) is 0.594. The number of nitrogens with zero attached hydrogens (tertiary/aromatic N) is 1. The van der Waals surface area contributed by atoms with E-state index in [9.17, 15) is 9.90 Å². The number of carbonyl (C=O) groups is 1. The van der Waals surface area contributed by atoms with Crippen LogP contribution in [0.4, 0.5) is 5.69 Å². The van der Waals surface area contributed by atoms with Gasteiger partial charge >= 0.3 is 0 Å². The molecule has 2 aromatic carbocycles. The van der Waals surface area contributed by atoms with E-state index in [-0.39, 0.29) is 5.56 Å². The van der Waals surface area contributed by atoms with E-state index in [2.05, 4.69) is 10.5 Å². The van der Waals surface area contributed by atoms with Gasteiger partial charge in [-0.1, -0.05) is 19.1 Å². The summed E-state index contributed by atoms with van der Waals surface area (Å²) in [5.41, 5.74) is 4.48. The lowest BCUT2D eigenvalue weighted by molar-refractivity contribution is -0.255.